The third-order valence-electron chi connectivity index (χ3n) is 11.8. The van der Waals surface area contributed by atoms with Crippen molar-refractivity contribution in [3.8, 4) is 16.9 Å². The molecule has 17 heteroatoms. The van der Waals surface area contributed by atoms with Crippen LogP contribution in [-0.4, -0.2) is 105 Å². The zero-order valence-electron chi connectivity index (χ0n) is 32.6. The highest BCUT2D eigenvalue weighted by Crippen LogP contribution is 2.38. The smallest absolute Gasteiger partial charge is 0.264 e. The second-order valence-electron chi connectivity index (χ2n) is 15.8. The van der Waals surface area contributed by atoms with Crippen molar-refractivity contribution in [3.05, 3.63) is 87.5 Å². The van der Waals surface area contributed by atoms with Crippen LogP contribution in [0.1, 0.15) is 83.9 Å². The molecular weight excluding hydrogens is 800 g/mol. The summed E-state index contributed by atoms with van der Waals surface area (Å²) in [7, 11) is 0. The van der Waals surface area contributed by atoms with Gasteiger partial charge < -0.3 is 25.6 Å². The van der Waals surface area contributed by atoms with Gasteiger partial charge in [-0.05, 0) is 82.4 Å². The van der Waals surface area contributed by atoms with Gasteiger partial charge in [0.05, 0.1) is 28.4 Å². The number of nitrogens with two attached hydrogens (primary N) is 1. The molecule has 2 aromatic heterocycles. The van der Waals surface area contributed by atoms with Gasteiger partial charge in [-0.25, -0.2) is 9.37 Å². The number of anilines is 2. The number of likely N-dealkylation sites (tertiary alicyclic amines) is 2. The van der Waals surface area contributed by atoms with Crippen molar-refractivity contribution < 1.29 is 28.3 Å². The van der Waals surface area contributed by atoms with E-state index in [2.05, 4.69) is 30.5 Å². The molecule has 0 spiro atoms. The Balaban J connectivity index is 0.743. The number of nitrogens with zero attached hydrogens (tertiary/aromatic N) is 6. The minimum absolute atomic E-state index is 0.0859. The fourth-order valence-corrected chi connectivity index (χ4v) is 9.22. The Morgan fingerprint density at radius 3 is 2.51 bits per heavy atom. The van der Waals surface area contributed by atoms with Crippen molar-refractivity contribution in [2.24, 2.45) is 5.92 Å². The highest BCUT2D eigenvalue weighted by Gasteiger charge is 2.45. The number of rotatable bonds is 14. The molecule has 0 radical (unpaired) electrons. The highest BCUT2D eigenvalue weighted by atomic mass is 35.5. The fraction of sp³-hybridized carbons (Fsp3) is 0.429. The lowest BCUT2D eigenvalue weighted by Crippen LogP contribution is -2.54. The van der Waals surface area contributed by atoms with Crippen LogP contribution in [0.25, 0.3) is 11.1 Å². The lowest BCUT2D eigenvalue weighted by Gasteiger charge is -2.40. The van der Waals surface area contributed by atoms with Crippen LogP contribution in [0, 0.1) is 11.7 Å². The number of imide groups is 2. The first-order valence-electron chi connectivity index (χ1n) is 20.1. The maximum Gasteiger partial charge on any atom is 0.264 e. The maximum atomic E-state index is 14.1. The molecule has 2 atom stereocenters. The zero-order valence-corrected chi connectivity index (χ0v) is 34.1. The predicted molar refractivity (Wildman–Crippen MR) is 221 cm³/mol. The minimum atomic E-state index is -0.984. The van der Waals surface area contributed by atoms with Crippen molar-refractivity contribution in [2.75, 3.05) is 56.9 Å². The van der Waals surface area contributed by atoms with Gasteiger partial charge in [-0.2, -0.15) is 5.10 Å². The largest absolute Gasteiger partial charge is 0.482 e. The van der Waals surface area contributed by atoms with E-state index < -0.39 is 41.6 Å². The van der Waals surface area contributed by atoms with Gasteiger partial charge >= 0.3 is 0 Å². The van der Waals surface area contributed by atoms with Crippen molar-refractivity contribution >= 4 is 58.3 Å². The molecule has 1 unspecified atom stereocenters. The second-order valence-corrected chi connectivity index (χ2v) is 16.6. The number of ether oxygens (including phenoxy) is 1. The third-order valence-corrected chi connectivity index (χ3v) is 12.5. The molecule has 2 aromatic carbocycles. The van der Waals surface area contributed by atoms with Crippen LogP contribution >= 0.6 is 23.2 Å². The summed E-state index contributed by atoms with van der Waals surface area (Å²) in [6.45, 7) is 8.44. The number of fused-ring (bicyclic) bond motifs is 1. The molecule has 0 aliphatic carbocycles. The number of nitrogen functional groups attached to an aromatic ring is 1. The van der Waals surface area contributed by atoms with Gasteiger partial charge in [0, 0.05) is 84.9 Å². The first-order chi connectivity index (χ1) is 28.4. The Morgan fingerprint density at radius 2 is 1.75 bits per heavy atom. The van der Waals surface area contributed by atoms with Crippen LogP contribution in [0.4, 0.5) is 15.9 Å². The van der Waals surface area contributed by atoms with Crippen LogP contribution in [0.2, 0.25) is 10.0 Å². The number of carbonyl (C=O) groups is 4. The Bertz CT molecular complexity index is 2280. The Morgan fingerprint density at radius 1 is 0.983 bits per heavy atom. The van der Waals surface area contributed by atoms with Gasteiger partial charge in [-0.1, -0.05) is 29.3 Å². The maximum absolute atomic E-state index is 14.1. The molecule has 0 saturated carbocycles. The summed E-state index contributed by atoms with van der Waals surface area (Å²) in [4.78, 5) is 60.9. The molecule has 6 heterocycles. The molecule has 310 valence electrons. The molecule has 59 heavy (non-hydrogen) atoms. The van der Waals surface area contributed by atoms with Crippen molar-refractivity contribution in [3.63, 3.8) is 0 Å². The zero-order chi connectivity index (χ0) is 41.4. The van der Waals surface area contributed by atoms with Gasteiger partial charge in [0.1, 0.15) is 18.0 Å². The number of benzene rings is 2. The first-order valence-corrected chi connectivity index (χ1v) is 20.8. The highest BCUT2D eigenvalue weighted by molar-refractivity contribution is 6.36. The molecule has 8 rings (SSSR count). The average molecular weight is 847 g/mol. The monoisotopic (exact) mass is 845 g/mol. The quantitative estimate of drug-likeness (QED) is 0.0777. The van der Waals surface area contributed by atoms with E-state index in [1.165, 1.54) is 12.1 Å². The molecule has 14 nitrogen and oxygen atoms in total. The molecule has 4 aromatic rings. The number of piperidine rings is 2. The van der Waals surface area contributed by atoms with E-state index in [0.29, 0.717) is 46.1 Å². The number of hydrogen-bond donors (Lipinski definition) is 3. The standard InChI is InChI=1S/C42H46Cl2FN9O5/c1-24(36-30(43)7-8-31(45)38(36)44)59-34-17-26(19-48-39(34)46)27-20-49-53(23-27)28-11-15-51(16-12-28)13-2-3-14-52-21-25(22-52)18-47-32-6-4-5-29-37(32)42(58)54(41(29)57)33-9-10-35(55)50-40(33)56/h4-8,17,19-20,23-25,28,33,47H,2-3,9-16,18,21-22H2,1H3,(H2,46,48)(H,50,55,56)/t24-,33?/m1/s1. The molecule has 0 bridgehead atoms. The number of carbonyl (C=O) groups excluding carboxylic acids is 4. The lowest BCUT2D eigenvalue weighted by atomic mass is 9.99. The number of halogens is 3. The number of pyridine rings is 1. The summed E-state index contributed by atoms with van der Waals surface area (Å²) in [6.07, 6.45) is 9.31. The third kappa shape index (κ3) is 8.51. The summed E-state index contributed by atoms with van der Waals surface area (Å²) in [5, 5.41) is 10.5. The SMILES string of the molecule is C[C@@H](Oc1cc(-c2cnn(C3CCN(CCCCN4CC(CNc5cccc6c5C(=O)N(C5CCC(=O)NC5=O)C6=O)C4)CC3)c2)cnc1N)c1c(Cl)ccc(F)c1Cl. The number of unbranched alkanes of at least 4 members (excludes halogenated alkanes) is 1. The number of hydrogen-bond acceptors (Lipinski definition) is 11. The number of aromatic nitrogens is 3. The number of amides is 4. The van der Waals surface area contributed by atoms with E-state index in [1.54, 1.807) is 37.4 Å². The van der Waals surface area contributed by atoms with E-state index >= 15 is 0 Å². The average Bonchev–Trinajstić information content (AvgIpc) is 3.79. The number of nitrogens with one attached hydrogen (secondary N) is 2. The van der Waals surface area contributed by atoms with Gasteiger partial charge in [-0.15, -0.1) is 0 Å². The van der Waals surface area contributed by atoms with Crippen LogP contribution in [-0.2, 0) is 9.59 Å². The van der Waals surface area contributed by atoms with E-state index in [0.717, 1.165) is 81.0 Å². The lowest BCUT2D eigenvalue weighted by molar-refractivity contribution is -0.136. The normalized spacial score (nSPS) is 19.8. The van der Waals surface area contributed by atoms with E-state index in [4.69, 9.17) is 33.7 Å². The molecule has 4 N–H and O–H groups in total. The summed E-state index contributed by atoms with van der Waals surface area (Å²) >= 11 is 12.5. The van der Waals surface area contributed by atoms with Gasteiger partial charge in [0.25, 0.3) is 11.8 Å². The molecule has 3 saturated heterocycles. The van der Waals surface area contributed by atoms with E-state index in [9.17, 15) is 23.6 Å². The van der Waals surface area contributed by atoms with Crippen molar-refractivity contribution in [1.29, 1.82) is 0 Å². The van der Waals surface area contributed by atoms with E-state index in [-0.39, 0.29) is 29.2 Å². The Hall–Kier alpha value is -5.09. The van der Waals surface area contributed by atoms with E-state index in [1.807, 2.05) is 17.1 Å². The molecule has 4 aliphatic heterocycles. The second kappa shape index (κ2) is 17.3. The Kier molecular flexibility index (Phi) is 11.9. The fourth-order valence-electron chi connectivity index (χ4n) is 8.54. The summed E-state index contributed by atoms with van der Waals surface area (Å²) in [6, 6.07) is 8.91. The summed E-state index contributed by atoms with van der Waals surface area (Å²) in [5.41, 5.74) is 9.33. The van der Waals surface area contributed by atoms with Crippen LogP contribution in [0.5, 0.6) is 5.75 Å². The van der Waals surface area contributed by atoms with Crippen LogP contribution in [0.15, 0.2) is 55.0 Å². The minimum Gasteiger partial charge on any atom is -0.482 e. The predicted octanol–water partition coefficient (Wildman–Crippen LogP) is 5.98. The topological polar surface area (TPSA) is 168 Å². The van der Waals surface area contributed by atoms with Crippen molar-refractivity contribution in [2.45, 2.75) is 63.6 Å². The molecule has 4 aliphatic rings. The Labute approximate surface area is 351 Å². The van der Waals surface area contributed by atoms with Gasteiger partial charge in [0.2, 0.25) is 11.8 Å². The first kappa shape index (κ1) is 40.7. The van der Waals surface area contributed by atoms with Crippen LogP contribution < -0.4 is 21.1 Å². The molecular formula is C42H46Cl2FN9O5. The molecule has 4 amide bonds. The summed E-state index contributed by atoms with van der Waals surface area (Å²) < 4.78 is 22.3. The van der Waals surface area contributed by atoms with Gasteiger partial charge in [0.15, 0.2) is 11.6 Å². The molecule has 3 fully saturated rings. The van der Waals surface area contributed by atoms with Gasteiger partial charge in [-0.3, -0.25) is 34.1 Å². The summed E-state index contributed by atoms with van der Waals surface area (Å²) in [5.74, 6) is -1.63. The van der Waals surface area contributed by atoms with Crippen molar-refractivity contribution in [1.82, 2.24) is 34.8 Å². The van der Waals surface area contributed by atoms with Crippen LogP contribution in [0.3, 0.4) is 0 Å².